The normalized spacial score (nSPS) is 13.5. The number of rotatable bonds is 15. The van der Waals surface area contributed by atoms with E-state index in [1.807, 2.05) is 31.3 Å². The summed E-state index contributed by atoms with van der Waals surface area (Å²) in [7, 11) is 1.84. The lowest BCUT2D eigenvalue weighted by Gasteiger charge is -2.24. The van der Waals surface area contributed by atoms with Crippen molar-refractivity contribution in [1.82, 2.24) is 24.6 Å². The van der Waals surface area contributed by atoms with Gasteiger partial charge in [0.25, 0.3) is 0 Å². The van der Waals surface area contributed by atoms with Gasteiger partial charge in [0.15, 0.2) is 5.82 Å². The maximum absolute atomic E-state index is 13.5. The van der Waals surface area contributed by atoms with Gasteiger partial charge in [-0.15, -0.1) is 0 Å². The van der Waals surface area contributed by atoms with Crippen molar-refractivity contribution < 1.29 is 19.0 Å². The van der Waals surface area contributed by atoms with Crippen LogP contribution in [0.1, 0.15) is 36.9 Å². The molecular weight excluding hydrogens is 537 g/mol. The van der Waals surface area contributed by atoms with Crippen LogP contribution in [0.2, 0.25) is 0 Å². The smallest absolute Gasteiger partial charge is 0.326 e. The fraction of sp³-hybridized carbons (Fsp3) is 0.419. The summed E-state index contributed by atoms with van der Waals surface area (Å²) < 4.78 is 21.0. The van der Waals surface area contributed by atoms with Gasteiger partial charge in [0.1, 0.15) is 30.0 Å². The van der Waals surface area contributed by atoms with Crippen LogP contribution in [0.15, 0.2) is 54.9 Å². The summed E-state index contributed by atoms with van der Waals surface area (Å²) in [5.74, 6) is 0.555. The quantitative estimate of drug-likeness (QED) is 0.176. The van der Waals surface area contributed by atoms with Gasteiger partial charge in [-0.05, 0) is 68.8 Å². The van der Waals surface area contributed by atoms with Crippen LogP contribution in [0.25, 0.3) is 10.9 Å². The van der Waals surface area contributed by atoms with E-state index in [2.05, 4.69) is 37.7 Å². The van der Waals surface area contributed by atoms with E-state index < -0.39 is 17.8 Å². The average molecular weight is 576 g/mol. The first-order valence-corrected chi connectivity index (χ1v) is 14.6. The van der Waals surface area contributed by atoms with Gasteiger partial charge in [0, 0.05) is 43.8 Å². The molecule has 0 fully saturated rings. The predicted octanol–water partition coefficient (Wildman–Crippen LogP) is 4.52. The Morgan fingerprint density at radius 1 is 1.19 bits per heavy atom. The second kappa shape index (κ2) is 14.1. The Kier molecular flexibility index (Phi) is 9.81. The van der Waals surface area contributed by atoms with E-state index in [0.29, 0.717) is 37.7 Å². The maximum Gasteiger partial charge on any atom is 0.326 e. The van der Waals surface area contributed by atoms with Crippen molar-refractivity contribution in [2.45, 2.75) is 44.6 Å². The van der Waals surface area contributed by atoms with E-state index >= 15 is 0 Å². The summed E-state index contributed by atoms with van der Waals surface area (Å²) in [5.41, 5.74) is 3.29. The number of para-hydroxylation sites is 1. The summed E-state index contributed by atoms with van der Waals surface area (Å²) in [6.07, 6.45) is 7.95. The molecule has 1 aliphatic rings. The minimum absolute atomic E-state index is 0.333. The molecule has 4 heterocycles. The van der Waals surface area contributed by atoms with Gasteiger partial charge in [-0.2, -0.15) is 5.10 Å². The predicted molar refractivity (Wildman–Crippen MR) is 160 cm³/mol. The molecule has 0 amide bonds. The van der Waals surface area contributed by atoms with Gasteiger partial charge in [-0.3, -0.25) is 14.6 Å². The summed E-state index contributed by atoms with van der Waals surface area (Å²) >= 11 is 0. The Labute approximate surface area is 244 Å². The zero-order valence-corrected chi connectivity index (χ0v) is 23.9. The number of carboxylic acid groups (broad SMARTS) is 1. The molecular formula is C31H38FN7O3. The van der Waals surface area contributed by atoms with Crippen molar-refractivity contribution in [3.8, 4) is 5.75 Å². The molecule has 0 radical (unpaired) electrons. The average Bonchev–Trinajstić information content (AvgIpc) is 3.31. The lowest BCUT2D eigenvalue weighted by molar-refractivity contribution is -0.138. The molecule has 0 saturated heterocycles. The number of nitrogens with zero attached hydrogens (tertiary/aromatic N) is 5. The van der Waals surface area contributed by atoms with Crippen LogP contribution in [-0.4, -0.2) is 74.6 Å². The molecule has 0 aliphatic carbocycles. The SMILES string of the molecule is Cn1nc(N[C@@H](CCN(CCCCc2ccc3c(n2)NCCC3)CCOc2cncc(F)c2)C(=O)O)c2ccccc21. The fourth-order valence-electron chi connectivity index (χ4n) is 5.30. The van der Waals surface area contributed by atoms with Gasteiger partial charge >= 0.3 is 5.97 Å². The second-order valence-corrected chi connectivity index (χ2v) is 10.6. The molecule has 4 aromatic rings. The van der Waals surface area contributed by atoms with Crippen molar-refractivity contribution in [3.63, 3.8) is 0 Å². The Bertz CT molecular complexity index is 1490. The van der Waals surface area contributed by atoms with Gasteiger partial charge in [0.2, 0.25) is 0 Å². The highest BCUT2D eigenvalue weighted by atomic mass is 19.1. The van der Waals surface area contributed by atoms with Crippen LogP contribution in [0.5, 0.6) is 5.75 Å². The van der Waals surface area contributed by atoms with Crippen LogP contribution in [0, 0.1) is 5.82 Å². The minimum Gasteiger partial charge on any atom is -0.491 e. The molecule has 222 valence electrons. The Morgan fingerprint density at radius 2 is 2.07 bits per heavy atom. The van der Waals surface area contributed by atoms with Gasteiger partial charge < -0.3 is 20.5 Å². The molecule has 42 heavy (non-hydrogen) atoms. The second-order valence-electron chi connectivity index (χ2n) is 10.6. The number of hydrogen-bond donors (Lipinski definition) is 3. The Morgan fingerprint density at radius 3 is 2.93 bits per heavy atom. The highest BCUT2D eigenvalue weighted by molar-refractivity contribution is 5.91. The molecule has 1 aromatic carbocycles. The number of carboxylic acids is 1. The van der Waals surface area contributed by atoms with Crippen LogP contribution >= 0.6 is 0 Å². The van der Waals surface area contributed by atoms with E-state index in [9.17, 15) is 14.3 Å². The Hall–Kier alpha value is -4.25. The molecule has 11 heteroatoms. The van der Waals surface area contributed by atoms with E-state index in [4.69, 9.17) is 9.72 Å². The summed E-state index contributed by atoms with van der Waals surface area (Å²) in [5, 5.41) is 21.9. The third-order valence-corrected chi connectivity index (χ3v) is 7.57. The van der Waals surface area contributed by atoms with Crippen molar-refractivity contribution >= 4 is 28.5 Å². The molecule has 1 atom stereocenters. The van der Waals surface area contributed by atoms with E-state index in [0.717, 1.165) is 73.8 Å². The largest absolute Gasteiger partial charge is 0.491 e. The lowest BCUT2D eigenvalue weighted by Crippen LogP contribution is -2.37. The van der Waals surface area contributed by atoms with E-state index in [1.165, 1.54) is 17.8 Å². The number of nitrogens with one attached hydrogen (secondary N) is 2. The summed E-state index contributed by atoms with van der Waals surface area (Å²) in [6.45, 7) is 3.18. The number of ether oxygens (including phenoxy) is 1. The highest BCUT2D eigenvalue weighted by Crippen LogP contribution is 2.23. The highest BCUT2D eigenvalue weighted by Gasteiger charge is 2.21. The van der Waals surface area contributed by atoms with Crippen molar-refractivity contribution in [1.29, 1.82) is 0 Å². The number of halogens is 1. The topological polar surface area (TPSA) is 117 Å². The molecule has 0 unspecified atom stereocenters. The standard InChI is InChI=1S/C31H38FN7O3/c1-38-28-10-3-2-9-26(28)30(37-38)36-27(31(40)41)13-16-39(17-18-42-25-19-23(32)20-33-21-25)15-5-4-8-24-12-11-22-7-6-14-34-29(22)35-24/h2-3,9-12,19-21,27H,4-8,13-18H2,1H3,(H,34,35)(H,36,37)(H,40,41)/t27-/m0/s1. The first-order chi connectivity index (χ1) is 20.5. The third kappa shape index (κ3) is 7.73. The Balaban J connectivity index is 1.18. The monoisotopic (exact) mass is 575 g/mol. The van der Waals surface area contributed by atoms with E-state index in [1.54, 1.807) is 4.68 Å². The molecule has 3 N–H and O–H groups in total. The molecule has 0 saturated carbocycles. The molecule has 0 spiro atoms. The van der Waals surface area contributed by atoms with Crippen molar-refractivity contribution in [2.24, 2.45) is 7.05 Å². The fourth-order valence-corrected chi connectivity index (χ4v) is 5.30. The number of hydrogen-bond acceptors (Lipinski definition) is 8. The van der Waals surface area contributed by atoms with Gasteiger partial charge in [-0.25, -0.2) is 14.2 Å². The van der Waals surface area contributed by atoms with E-state index in [-0.39, 0.29) is 0 Å². The summed E-state index contributed by atoms with van der Waals surface area (Å²) in [6, 6.07) is 12.5. The zero-order valence-electron chi connectivity index (χ0n) is 23.9. The van der Waals surface area contributed by atoms with Crippen LogP contribution in [0.3, 0.4) is 0 Å². The van der Waals surface area contributed by atoms with Crippen molar-refractivity contribution in [2.75, 3.05) is 43.4 Å². The lowest BCUT2D eigenvalue weighted by atomic mass is 10.1. The van der Waals surface area contributed by atoms with Crippen molar-refractivity contribution in [3.05, 3.63) is 71.9 Å². The number of benzene rings is 1. The molecule has 10 nitrogen and oxygen atoms in total. The summed E-state index contributed by atoms with van der Waals surface area (Å²) in [4.78, 5) is 23.0. The van der Waals surface area contributed by atoms with Gasteiger partial charge in [-0.1, -0.05) is 18.2 Å². The molecule has 5 rings (SSSR count). The molecule has 1 aliphatic heterocycles. The number of aliphatic carboxylic acids is 1. The number of carbonyl (C=O) groups is 1. The number of fused-ring (bicyclic) bond motifs is 2. The number of aryl methyl sites for hydroxylation is 3. The maximum atomic E-state index is 13.5. The third-order valence-electron chi connectivity index (χ3n) is 7.57. The first-order valence-electron chi connectivity index (χ1n) is 14.6. The minimum atomic E-state index is -0.932. The number of aromatic nitrogens is 4. The van der Waals surface area contributed by atoms with Gasteiger partial charge in [0.05, 0.1) is 17.9 Å². The van der Waals surface area contributed by atoms with Crippen LogP contribution in [0.4, 0.5) is 16.0 Å². The first kappa shape index (κ1) is 29.2. The number of pyridine rings is 2. The molecule has 0 bridgehead atoms. The van der Waals surface area contributed by atoms with Crippen LogP contribution < -0.4 is 15.4 Å². The van der Waals surface area contributed by atoms with Crippen LogP contribution in [-0.2, 0) is 24.7 Å². The molecule has 3 aromatic heterocycles. The number of anilines is 2. The number of unbranched alkanes of at least 4 members (excludes halogenated alkanes) is 1. The zero-order chi connectivity index (χ0) is 29.3.